The van der Waals surface area contributed by atoms with E-state index in [0.717, 1.165) is 28.2 Å². The zero-order chi connectivity index (χ0) is 30.9. The van der Waals surface area contributed by atoms with Gasteiger partial charge < -0.3 is 14.6 Å². The number of rotatable bonds is 13. The van der Waals surface area contributed by atoms with Gasteiger partial charge in [-0.15, -0.1) is 5.11 Å². The van der Waals surface area contributed by atoms with Gasteiger partial charge in [-0.1, -0.05) is 24.3 Å². The number of nitro groups is 1. The van der Waals surface area contributed by atoms with Crippen LogP contribution in [0.15, 0.2) is 89.1 Å². The number of anilines is 1. The summed E-state index contributed by atoms with van der Waals surface area (Å²) in [6, 6.07) is 21.8. The summed E-state index contributed by atoms with van der Waals surface area (Å²) in [6.07, 6.45) is 0. The number of hydrogen-bond donors (Lipinski definition) is 1. The Labute approximate surface area is 247 Å². The van der Waals surface area contributed by atoms with Crippen molar-refractivity contribution in [2.24, 2.45) is 10.2 Å². The molecule has 0 unspecified atom stereocenters. The standard InChI is InChI=1S/C31H30N4O8/c1-4-34(26-11-9-25(10-12-26)32-33-28-14-8-24(30(36)37)19-29(28)35(39)40)43-16-15-42-31(38)20(2)21-5-6-23-18-27(41-3)13-7-22(23)17-21/h5-14,17-20H,4,15-16H2,1-3H3,(H,36,37)/t20-/m0/s1. The molecular weight excluding hydrogens is 556 g/mol. The maximum absolute atomic E-state index is 12.7. The molecular formula is C31H30N4O8. The van der Waals surface area contributed by atoms with Crippen molar-refractivity contribution in [3.8, 4) is 5.75 Å². The Bertz CT molecular complexity index is 1660. The largest absolute Gasteiger partial charge is 0.497 e. The van der Waals surface area contributed by atoms with Crippen LogP contribution in [-0.4, -0.2) is 48.8 Å². The number of ether oxygens (including phenoxy) is 2. The number of carbonyl (C=O) groups excluding carboxylic acids is 1. The zero-order valence-electron chi connectivity index (χ0n) is 23.8. The Morgan fingerprint density at radius 1 is 0.953 bits per heavy atom. The average Bonchev–Trinajstić information content (AvgIpc) is 3.02. The fourth-order valence-corrected chi connectivity index (χ4v) is 4.22. The Hall–Kier alpha value is -5.36. The molecule has 0 spiro atoms. The lowest BCUT2D eigenvalue weighted by molar-refractivity contribution is -0.384. The average molecular weight is 587 g/mol. The third-order valence-electron chi connectivity index (χ3n) is 6.62. The first-order valence-electron chi connectivity index (χ1n) is 13.4. The van der Waals surface area contributed by atoms with Crippen molar-refractivity contribution in [2.75, 3.05) is 31.9 Å². The molecule has 0 radical (unpaired) electrons. The zero-order valence-corrected chi connectivity index (χ0v) is 23.8. The first kappa shape index (κ1) is 30.6. The van der Waals surface area contributed by atoms with E-state index in [1.165, 1.54) is 12.1 Å². The number of azo groups is 1. The monoisotopic (exact) mass is 586 g/mol. The smallest absolute Gasteiger partial charge is 0.335 e. The minimum absolute atomic E-state index is 0.0657. The molecule has 1 atom stereocenters. The van der Waals surface area contributed by atoms with Crippen molar-refractivity contribution in [2.45, 2.75) is 19.8 Å². The number of fused-ring (bicyclic) bond motifs is 1. The molecule has 0 bridgehead atoms. The van der Waals surface area contributed by atoms with Crippen molar-refractivity contribution >= 4 is 45.5 Å². The molecule has 222 valence electrons. The second-order valence-electron chi connectivity index (χ2n) is 9.37. The van der Waals surface area contributed by atoms with Gasteiger partial charge in [-0.25, -0.2) is 4.79 Å². The second kappa shape index (κ2) is 14.0. The molecule has 4 aromatic rings. The highest BCUT2D eigenvalue weighted by atomic mass is 16.7. The molecule has 0 saturated heterocycles. The number of hydroxylamine groups is 1. The molecule has 1 N–H and O–H groups in total. The van der Waals surface area contributed by atoms with Crippen molar-refractivity contribution < 1.29 is 33.9 Å². The van der Waals surface area contributed by atoms with Gasteiger partial charge in [0, 0.05) is 12.6 Å². The van der Waals surface area contributed by atoms with E-state index in [4.69, 9.17) is 19.4 Å². The van der Waals surface area contributed by atoms with Crippen LogP contribution in [0.4, 0.5) is 22.7 Å². The number of hydrogen-bond acceptors (Lipinski definition) is 10. The van der Waals surface area contributed by atoms with Crippen LogP contribution in [0.1, 0.15) is 35.7 Å². The fourth-order valence-electron chi connectivity index (χ4n) is 4.22. The van der Waals surface area contributed by atoms with E-state index < -0.39 is 22.5 Å². The van der Waals surface area contributed by atoms with E-state index in [2.05, 4.69) is 10.2 Å². The van der Waals surface area contributed by atoms with Crippen LogP contribution < -0.4 is 9.80 Å². The van der Waals surface area contributed by atoms with Gasteiger partial charge in [-0.05, 0) is 78.7 Å². The van der Waals surface area contributed by atoms with E-state index in [9.17, 15) is 19.7 Å². The van der Waals surface area contributed by atoms with Crippen LogP contribution in [0.5, 0.6) is 5.75 Å². The topological polar surface area (TPSA) is 153 Å². The predicted octanol–water partition coefficient (Wildman–Crippen LogP) is 6.98. The molecule has 0 amide bonds. The van der Waals surface area contributed by atoms with Gasteiger partial charge in [-0.2, -0.15) is 5.11 Å². The van der Waals surface area contributed by atoms with Crippen LogP contribution in [-0.2, 0) is 14.4 Å². The Kier molecular flexibility index (Phi) is 9.97. The summed E-state index contributed by atoms with van der Waals surface area (Å²) in [4.78, 5) is 40.2. The molecule has 43 heavy (non-hydrogen) atoms. The Morgan fingerprint density at radius 2 is 1.67 bits per heavy atom. The fraction of sp³-hybridized carbons (Fsp3) is 0.226. The van der Waals surface area contributed by atoms with Gasteiger partial charge in [0.25, 0.3) is 5.69 Å². The van der Waals surface area contributed by atoms with Crippen molar-refractivity contribution in [3.63, 3.8) is 0 Å². The SMILES string of the molecule is CCN(OCCOC(=O)[C@@H](C)c1ccc2cc(OC)ccc2c1)c1ccc(N=Nc2ccc(C(=O)O)cc2[N+](=O)[O-])cc1. The summed E-state index contributed by atoms with van der Waals surface area (Å²) < 4.78 is 10.7. The first-order valence-corrected chi connectivity index (χ1v) is 13.4. The molecule has 0 fully saturated rings. The van der Waals surface area contributed by atoms with Crippen LogP contribution >= 0.6 is 0 Å². The normalized spacial score (nSPS) is 11.8. The summed E-state index contributed by atoms with van der Waals surface area (Å²) in [5.41, 5.74) is 1.24. The number of esters is 1. The quantitative estimate of drug-likeness (QED) is 0.0575. The number of nitrogens with zero attached hydrogens (tertiary/aromatic N) is 4. The van der Waals surface area contributed by atoms with E-state index >= 15 is 0 Å². The van der Waals surface area contributed by atoms with Gasteiger partial charge in [-0.3, -0.25) is 24.8 Å². The minimum Gasteiger partial charge on any atom is -0.497 e. The molecule has 0 aliphatic rings. The summed E-state index contributed by atoms with van der Waals surface area (Å²) in [7, 11) is 1.62. The van der Waals surface area contributed by atoms with Crippen LogP contribution in [0.25, 0.3) is 10.8 Å². The summed E-state index contributed by atoms with van der Waals surface area (Å²) in [5.74, 6) is -1.31. The van der Waals surface area contributed by atoms with Gasteiger partial charge >= 0.3 is 11.9 Å². The maximum atomic E-state index is 12.7. The second-order valence-corrected chi connectivity index (χ2v) is 9.37. The van der Waals surface area contributed by atoms with Gasteiger partial charge in [0.2, 0.25) is 0 Å². The van der Waals surface area contributed by atoms with E-state index in [1.807, 2.05) is 43.3 Å². The van der Waals surface area contributed by atoms with Crippen LogP contribution in [0.2, 0.25) is 0 Å². The number of aromatic carboxylic acids is 1. The van der Waals surface area contributed by atoms with Gasteiger partial charge in [0.15, 0.2) is 5.69 Å². The molecule has 4 aromatic carbocycles. The molecule has 4 rings (SSSR count). The highest BCUT2D eigenvalue weighted by Crippen LogP contribution is 2.31. The number of carboxylic acid groups (broad SMARTS) is 1. The number of nitro benzene ring substituents is 1. The van der Waals surface area contributed by atoms with E-state index in [0.29, 0.717) is 17.9 Å². The molecule has 12 nitrogen and oxygen atoms in total. The van der Waals surface area contributed by atoms with Gasteiger partial charge in [0.1, 0.15) is 19.0 Å². The van der Waals surface area contributed by atoms with E-state index in [1.54, 1.807) is 43.4 Å². The summed E-state index contributed by atoms with van der Waals surface area (Å²) >= 11 is 0. The summed E-state index contributed by atoms with van der Waals surface area (Å²) in [6.45, 7) is 4.41. The van der Waals surface area contributed by atoms with Crippen molar-refractivity contribution in [3.05, 3.63) is 100 Å². The lowest BCUT2D eigenvalue weighted by Gasteiger charge is -2.22. The third-order valence-corrected chi connectivity index (χ3v) is 6.62. The molecule has 12 heteroatoms. The third kappa shape index (κ3) is 7.68. The molecule has 0 saturated carbocycles. The van der Waals surface area contributed by atoms with Crippen molar-refractivity contribution in [1.82, 2.24) is 0 Å². The van der Waals surface area contributed by atoms with E-state index in [-0.39, 0.29) is 30.4 Å². The molecule has 0 aromatic heterocycles. The Morgan fingerprint density at radius 3 is 2.35 bits per heavy atom. The summed E-state index contributed by atoms with van der Waals surface area (Å²) in [5, 5.41) is 32.0. The van der Waals surface area contributed by atoms with Crippen molar-refractivity contribution in [1.29, 1.82) is 0 Å². The molecule has 0 aliphatic carbocycles. The van der Waals surface area contributed by atoms with Crippen LogP contribution in [0.3, 0.4) is 0 Å². The number of carbonyl (C=O) groups is 2. The maximum Gasteiger partial charge on any atom is 0.335 e. The highest BCUT2D eigenvalue weighted by Gasteiger charge is 2.19. The minimum atomic E-state index is -1.28. The number of benzene rings is 4. The number of methoxy groups -OCH3 is 1. The lowest BCUT2D eigenvalue weighted by Crippen LogP contribution is -2.26. The highest BCUT2D eigenvalue weighted by molar-refractivity contribution is 5.89. The van der Waals surface area contributed by atoms with Crippen LogP contribution in [0, 0.1) is 10.1 Å². The number of carboxylic acids is 1. The molecule has 0 aliphatic heterocycles. The first-order chi connectivity index (χ1) is 20.7. The Balaban J connectivity index is 1.30. The van der Waals surface area contributed by atoms with Gasteiger partial charge in [0.05, 0.1) is 34.9 Å². The lowest BCUT2D eigenvalue weighted by atomic mass is 9.98. The molecule has 0 heterocycles. The predicted molar refractivity (Wildman–Crippen MR) is 160 cm³/mol.